The van der Waals surface area contributed by atoms with Crippen LogP contribution < -0.4 is 0 Å². The minimum atomic E-state index is -1.00. The molecule has 1 unspecified atom stereocenters. The van der Waals surface area contributed by atoms with Crippen molar-refractivity contribution in [1.82, 2.24) is 0 Å². The normalized spacial score (nSPS) is 18.9. The van der Waals surface area contributed by atoms with Crippen LogP contribution in [0.15, 0.2) is 30.0 Å². The lowest BCUT2D eigenvalue weighted by Crippen LogP contribution is -2.24. The highest BCUT2D eigenvalue weighted by atomic mass is 16.5. The van der Waals surface area contributed by atoms with Gasteiger partial charge in [0.1, 0.15) is 11.4 Å². The third-order valence-corrected chi connectivity index (χ3v) is 3.25. The quantitative estimate of drug-likeness (QED) is 0.827. The molecule has 2 heteroatoms. The number of benzene rings is 1. The highest BCUT2D eigenvalue weighted by molar-refractivity contribution is 5.36. The van der Waals surface area contributed by atoms with Crippen LogP contribution >= 0.6 is 0 Å². The average Bonchev–Trinajstić information content (AvgIpc) is 2.75. The summed E-state index contributed by atoms with van der Waals surface area (Å²) in [4.78, 5) is 0. The maximum absolute atomic E-state index is 10.5. The van der Waals surface area contributed by atoms with Gasteiger partial charge >= 0.3 is 0 Å². The first-order chi connectivity index (χ1) is 7.51. The van der Waals surface area contributed by atoms with E-state index < -0.39 is 5.60 Å². The molecule has 0 saturated carbocycles. The maximum atomic E-state index is 10.5. The molecule has 1 aromatic carbocycles. The molecule has 0 fully saturated rings. The summed E-state index contributed by atoms with van der Waals surface area (Å²) in [6.07, 6.45) is 2.85. The molecule has 0 spiro atoms. The van der Waals surface area contributed by atoms with Crippen molar-refractivity contribution in [3.05, 3.63) is 46.7 Å². The largest absolute Gasteiger partial charge is 0.495 e. The van der Waals surface area contributed by atoms with E-state index >= 15 is 0 Å². The summed E-state index contributed by atoms with van der Waals surface area (Å²) in [5.41, 5.74) is 2.32. The van der Waals surface area contributed by atoms with Gasteiger partial charge in [-0.2, -0.15) is 0 Å². The van der Waals surface area contributed by atoms with Gasteiger partial charge in [0.05, 0.1) is 6.61 Å². The smallest absolute Gasteiger partial charge is 0.143 e. The Morgan fingerprint density at radius 2 is 2.00 bits per heavy atom. The molecule has 0 aliphatic carbocycles. The molecule has 2 rings (SSSR count). The van der Waals surface area contributed by atoms with E-state index in [9.17, 15) is 5.11 Å². The lowest BCUT2D eigenvalue weighted by Gasteiger charge is -2.25. The number of hydrogen-bond donors (Lipinski definition) is 1. The monoisotopic (exact) mass is 218 g/mol. The van der Waals surface area contributed by atoms with E-state index in [0.29, 0.717) is 12.4 Å². The van der Waals surface area contributed by atoms with Crippen LogP contribution in [0.3, 0.4) is 0 Å². The van der Waals surface area contributed by atoms with Crippen molar-refractivity contribution in [3.8, 4) is 0 Å². The minimum Gasteiger partial charge on any atom is -0.495 e. The van der Waals surface area contributed by atoms with Gasteiger partial charge in [0.15, 0.2) is 0 Å². The molecule has 1 aliphatic rings. The van der Waals surface area contributed by atoms with Gasteiger partial charge in [0.25, 0.3) is 0 Å². The van der Waals surface area contributed by atoms with Gasteiger partial charge < -0.3 is 9.84 Å². The van der Waals surface area contributed by atoms with E-state index in [1.54, 1.807) is 6.92 Å². The fourth-order valence-corrected chi connectivity index (χ4v) is 1.94. The molecule has 0 bridgehead atoms. The Bertz CT molecular complexity index is 430. The van der Waals surface area contributed by atoms with E-state index in [1.165, 1.54) is 11.1 Å². The fraction of sp³-hybridized carbons (Fsp3) is 0.429. The van der Waals surface area contributed by atoms with Crippen LogP contribution in [-0.4, -0.2) is 11.7 Å². The molecule has 0 amide bonds. The molecule has 0 aromatic heterocycles. The predicted molar refractivity (Wildman–Crippen MR) is 64.1 cm³/mol. The third kappa shape index (κ3) is 1.85. The van der Waals surface area contributed by atoms with Crippen molar-refractivity contribution in [1.29, 1.82) is 0 Å². The molecule has 16 heavy (non-hydrogen) atoms. The summed E-state index contributed by atoms with van der Waals surface area (Å²) in [5.74, 6) is 0.677. The van der Waals surface area contributed by atoms with Crippen molar-refractivity contribution in [3.63, 3.8) is 0 Å². The summed E-state index contributed by atoms with van der Waals surface area (Å²) in [6.45, 7) is 6.59. The molecule has 86 valence electrons. The Kier molecular flexibility index (Phi) is 2.76. The van der Waals surface area contributed by atoms with Gasteiger partial charge in [0, 0.05) is 6.42 Å². The van der Waals surface area contributed by atoms with E-state index in [2.05, 4.69) is 13.8 Å². The first-order valence-corrected chi connectivity index (χ1v) is 5.65. The fourth-order valence-electron chi connectivity index (χ4n) is 1.94. The van der Waals surface area contributed by atoms with Crippen molar-refractivity contribution in [2.24, 2.45) is 0 Å². The first-order valence-electron chi connectivity index (χ1n) is 5.65. The number of aryl methyl sites for hydroxylation is 2. The molecule has 0 saturated heterocycles. The second-order valence-corrected chi connectivity index (χ2v) is 4.58. The summed E-state index contributed by atoms with van der Waals surface area (Å²) in [5, 5.41) is 10.5. The second-order valence-electron chi connectivity index (χ2n) is 4.58. The number of ether oxygens (including phenoxy) is 1. The SMILES string of the molecule is Cc1ccc(C(C)(O)C2=CCCO2)cc1C. The number of hydrogen-bond acceptors (Lipinski definition) is 2. The number of rotatable bonds is 2. The van der Waals surface area contributed by atoms with Gasteiger partial charge in [0.2, 0.25) is 0 Å². The second kappa shape index (κ2) is 3.95. The van der Waals surface area contributed by atoms with Crippen LogP contribution in [0, 0.1) is 13.8 Å². The molecule has 1 N–H and O–H groups in total. The third-order valence-electron chi connectivity index (χ3n) is 3.25. The topological polar surface area (TPSA) is 29.5 Å². The molecule has 1 atom stereocenters. The lowest BCUT2D eigenvalue weighted by molar-refractivity contribution is 0.0317. The van der Waals surface area contributed by atoms with Gasteiger partial charge in [-0.15, -0.1) is 0 Å². The van der Waals surface area contributed by atoms with Crippen molar-refractivity contribution in [2.75, 3.05) is 6.61 Å². The predicted octanol–water partition coefficient (Wildman–Crippen LogP) is 2.82. The first kappa shape index (κ1) is 11.2. The molecule has 1 aliphatic heterocycles. The molecule has 2 nitrogen and oxygen atoms in total. The van der Waals surface area contributed by atoms with Crippen LogP contribution in [0.4, 0.5) is 0 Å². The Balaban J connectivity index is 2.38. The molecule has 1 aromatic rings. The Hall–Kier alpha value is -1.28. The zero-order valence-corrected chi connectivity index (χ0v) is 10.1. The lowest BCUT2D eigenvalue weighted by atomic mass is 9.91. The van der Waals surface area contributed by atoms with Crippen LogP contribution in [0.2, 0.25) is 0 Å². The molecule has 0 radical (unpaired) electrons. The minimum absolute atomic E-state index is 0.677. The Morgan fingerprint density at radius 3 is 2.56 bits per heavy atom. The summed E-state index contributed by atoms with van der Waals surface area (Å²) >= 11 is 0. The van der Waals surface area contributed by atoms with Crippen LogP contribution in [0.1, 0.15) is 30.0 Å². The summed E-state index contributed by atoms with van der Waals surface area (Å²) in [7, 11) is 0. The highest BCUT2D eigenvalue weighted by Gasteiger charge is 2.31. The van der Waals surface area contributed by atoms with Crippen LogP contribution in [0.5, 0.6) is 0 Å². The highest BCUT2D eigenvalue weighted by Crippen LogP contribution is 2.33. The standard InChI is InChI=1S/C14H18O2/c1-10-6-7-12(9-11(10)2)14(3,15)13-5-4-8-16-13/h5-7,9,15H,4,8H2,1-3H3. The van der Waals surface area contributed by atoms with E-state index in [1.807, 2.05) is 24.3 Å². The van der Waals surface area contributed by atoms with Crippen LogP contribution in [0.25, 0.3) is 0 Å². The van der Waals surface area contributed by atoms with Gasteiger partial charge in [-0.3, -0.25) is 0 Å². The summed E-state index contributed by atoms with van der Waals surface area (Å²) < 4.78 is 5.45. The van der Waals surface area contributed by atoms with E-state index in [4.69, 9.17) is 4.74 Å². The molecular weight excluding hydrogens is 200 g/mol. The summed E-state index contributed by atoms with van der Waals surface area (Å²) in [6, 6.07) is 6.03. The van der Waals surface area contributed by atoms with E-state index in [-0.39, 0.29) is 0 Å². The average molecular weight is 218 g/mol. The van der Waals surface area contributed by atoms with Crippen LogP contribution in [-0.2, 0) is 10.3 Å². The van der Waals surface area contributed by atoms with Gasteiger partial charge in [-0.1, -0.05) is 18.2 Å². The Morgan fingerprint density at radius 1 is 1.25 bits per heavy atom. The van der Waals surface area contributed by atoms with Crippen molar-refractivity contribution < 1.29 is 9.84 Å². The van der Waals surface area contributed by atoms with Gasteiger partial charge in [-0.05, 0) is 43.5 Å². The van der Waals surface area contributed by atoms with Crippen molar-refractivity contribution >= 4 is 0 Å². The van der Waals surface area contributed by atoms with E-state index in [0.717, 1.165) is 12.0 Å². The zero-order valence-electron chi connectivity index (χ0n) is 10.1. The molecule has 1 heterocycles. The maximum Gasteiger partial charge on any atom is 0.143 e. The Labute approximate surface area is 96.6 Å². The zero-order chi connectivity index (χ0) is 11.8. The number of aliphatic hydroxyl groups is 1. The van der Waals surface area contributed by atoms with Crippen molar-refractivity contribution in [2.45, 2.75) is 32.8 Å². The molecular formula is C14H18O2. The van der Waals surface area contributed by atoms with Gasteiger partial charge in [-0.25, -0.2) is 0 Å².